The van der Waals surface area contributed by atoms with Gasteiger partial charge in [0.1, 0.15) is 0 Å². The predicted molar refractivity (Wildman–Crippen MR) is 75.0 cm³/mol. The van der Waals surface area contributed by atoms with Gasteiger partial charge in [-0.25, -0.2) is 0 Å². The number of amides is 1. The highest BCUT2D eigenvalue weighted by Crippen LogP contribution is 2.21. The maximum atomic E-state index is 12.0. The van der Waals surface area contributed by atoms with Crippen LogP contribution < -0.4 is 11.1 Å². The van der Waals surface area contributed by atoms with Gasteiger partial charge >= 0.3 is 0 Å². The van der Waals surface area contributed by atoms with Crippen molar-refractivity contribution in [3.63, 3.8) is 0 Å². The van der Waals surface area contributed by atoms with Crippen molar-refractivity contribution in [1.82, 2.24) is 15.1 Å². The number of hydrogen-bond acceptors (Lipinski definition) is 3. The second kappa shape index (κ2) is 6.49. The molecule has 0 spiro atoms. The van der Waals surface area contributed by atoms with Crippen LogP contribution in [0.25, 0.3) is 0 Å². The van der Waals surface area contributed by atoms with E-state index >= 15 is 0 Å². The molecule has 0 saturated carbocycles. The fraction of sp³-hybridized carbons (Fsp3) is 0.583. The average Bonchev–Trinajstić information content (AvgIpc) is 2.86. The summed E-state index contributed by atoms with van der Waals surface area (Å²) < 4.78 is 1.83. The summed E-state index contributed by atoms with van der Waals surface area (Å²) in [6.07, 6.45) is 5.06. The van der Waals surface area contributed by atoms with Crippen LogP contribution in [0.1, 0.15) is 26.7 Å². The Hall–Kier alpha value is -1.43. The molecule has 0 aromatic carbocycles. The highest BCUT2D eigenvalue weighted by molar-refractivity contribution is 7.80. The first-order valence-corrected chi connectivity index (χ1v) is 6.47. The minimum absolute atomic E-state index is 0.0991. The van der Waals surface area contributed by atoms with Gasteiger partial charge in [0.05, 0.1) is 10.4 Å². The Morgan fingerprint density at radius 1 is 1.61 bits per heavy atom. The second-order valence-electron chi connectivity index (χ2n) is 4.43. The van der Waals surface area contributed by atoms with Crippen molar-refractivity contribution >= 4 is 23.1 Å². The summed E-state index contributed by atoms with van der Waals surface area (Å²) in [7, 11) is 0. The fourth-order valence-electron chi connectivity index (χ4n) is 1.52. The first-order valence-electron chi connectivity index (χ1n) is 6.06. The predicted octanol–water partition coefficient (Wildman–Crippen LogP) is 1.09. The topological polar surface area (TPSA) is 72.9 Å². The van der Waals surface area contributed by atoms with Crippen LogP contribution in [-0.2, 0) is 11.3 Å². The molecular formula is C12H20N4OS. The van der Waals surface area contributed by atoms with Gasteiger partial charge in [-0.2, -0.15) is 5.10 Å². The maximum absolute atomic E-state index is 12.0. The first kappa shape index (κ1) is 14.6. The molecule has 6 heteroatoms. The quantitative estimate of drug-likeness (QED) is 0.573. The van der Waals surface area contributed by atoms with E-state index < -0.39 is 5.41 Å². The standard InChI is InChI=1S/C12H20N4OS/c1-3-12(2,10(13)18)11(17)14-6-4-8-16-9-5-7-15-16/h5,7,9H,3-4,6,8H2,1-2H3,(H2,13,18)(H,14,17). The van der Waals surface area contributed by atoms with Crippen molar-refractivity contribution < 1.29 is 4.79 Å². The van der Waals surface area contributed by atoms with Gasteiger partial charge in [-0.3, -0.25) is 9.48 Å². The Morgan fingerprint density at radius 2 is 2.33 bits per heavy atom. The van der Waals surface area contributed by atoms with Crippen LogP contribution in [0.3, 0.4) is 0 Å². The summed E-state index contributed by atoms with van der Waals surface area (Å²) in [5, 5.41) is 6.96. The number of nitrogens with two attached hydrogens (primary N) is 1. The molecule has 1 aromatic heterocycles. The van der Waals surface area contributed by atoms with Crippen molar-refractivity contribution in [2.45, 2.75) is 33.2 Å². The van der Waals surface area contributed by atoms with Crippen LogP contribution in [-0.4, -0.2) is 27.2 Å². The van der Waals surface area contributed by atoms with Crippen LogP contribution >= 0.6 is 12.2 Å². The molecule has 5 nitrogen and oxygen atoms in total. The van der Waals surface area contributed by atoms with E-state index in [-0.39, 0.29) is 10.9 Å². The van der Waals surface area contributed by atoms with E-state index in [2.05, 4.69) is 10.4 Å². The number of hydrogen-bond donors (Lipinski definition) is 2. The molecule has 1 aromatic rings. The second-order valence-corrected chi connectivity index (χ2v) is 4.87. The molecule has 0 aliphatic heterocycles. The smallest absolute Gasteiger partial charge is 0.232 e. The highest BCUT2D eigenvalue weighted by Gasteiger charge is 2.34. The molecule has 1 rings (SSSR count). The van der Waals surface area contributed by atoms with E-state index in [4.69, 9.17) is 18.0 Å². The summed E-state index contributed by atoms with van der Waals surface area (Å²) in [6.45, 7) is 5.06. The van der Waals surface area contributed by atoms with Gasteiger partial charge < -0.3 is 11.1 Å². The van der Waals surface area contributed by atoms with E-state index in [1.54, 1.807) is 13.1 Å². The molecule has 1 amide bonds. The molecule has 1 unspecified atom stereocenters. The molecule has 18 heavy (non-hydrogen) atoms. The normalized spacial score (nSPS) is 13.9. The third kappa shape index (κ3) is 3.53. The minimum atomic E-state index is -0.749. The summed E-state index contributed by atoms with van der Waals surface area (Å²) in [5.41, 5.74) is 4.87. The highest BCUT2D eigenvalue weighted by atomic mass is 32.1. The lowest BCUT2D eigenvalue weighted by molar-refractivity contribution is -0.126. The number of carbonyl (C=O) groups is 1. The summed E-state index contributed by atoms with van der Waals surface area (Å²) >= 11 is 4.95. The van der Waals surface area contributed by atoms with Crippen LogP contribution in [0.5, 0.6) is 0 Å². The maximum Gasteiger partial charge on any atom is 0.232 e. The van der Waals surface area contributed by atoms with Crippen molar-refractivity contribution in [2.75, 3.05) is 6.54 Å². The third-order valence-electron chi connectivity index (χ3n) is 3.16. The molecule has 0 aliphatic carbocycles. The molecule has 1 atom stereocenters. The van der Waals surface area contributed by atoms with Crippen molar-refractivity contribution in [3.8, 4) is 0 Å². The lowest BCUT2D eigenvalue weighted by Gasteiger charge is -2.25. The number of rotatable bonds is 7. The van der Waals surface area contributed by atoms with Gasteiger partial charge in [0.15, 0.2) is 0 Å². The van der Waals surface area contributed by atoms with Crippen molar-refractivity contribution in [2.24, 2.45) is 11.1 Å². The molecule has 0 saturated heterocycles. The minimum Gasteiger partial charge on any atom is -0.392 e. The van der Waals surface area contributed by atoms with Crippen LogP contribution in [0, 0.1) is 5.41 Å². The number of nitrogens with zero attached hydrogens (tertiary/aromatic N) is 2. The van der Waals surface area contributed by atoms with Crippen LogP contribution in [0.15, 0.2) is 18.5 Å². The number of nitrogens with one attached hydrogen (secondary N) is 1. The zero-order chi connectivity index (χ0) is 13.6. The van der Waals surface area contributed by atoms with Gasteiger partial charge in [0.2, 0.25) is 5.91 Å². The van der Waals surface area contributed by atoms with Crippen molar-refractivity contribution in [3.05, 3.63) is 18.5 Å². The molecule has 100 valence electrons. The molecule has 0 radical (unpaired) electrons. The molecule has 0 aliphatic rings. The zero-order valence-corrected chi connectivity index (χ0v) is 11.7. The summed E-state index contributed by atoms with van der Waals surface area (Å²) in [4.78, 5) is 12.2. The Balaban J connectivity index is 2.34. The Kier molecular flexibility index (Phi) is 5.27. The Morgan fingerprint density at radius 3 is 2.83 bits per heavy atom. The van der Waals surface area contributed by atoms with Crippen molar-refractivity contribution in [1.29, 1.82) is 0 Å². The van der Waals surface area contributed by atoms with E-state index in [0.717, 1.165) is 13.0 Å². The number of aryl methyl sites for hydroxylation is 1. The monoisotopic (exact) mass is 268 g/mol. The Labute approximate surface area is 113 Å². The van der Waals surface area contributed by atoms with Crippen LogP contribution in [0.4, 0.5) is 0 Å². The zero-order valence-electron chi connectivity index (χ0n) is 10.8. The van der Waals surface area contributed by atoms with E-state index in [9.17, 15) is 4.79 Å². The molecule has 3 N–H and O–H groups in total. The largest absolute Gasteiger partial charge is 0.392 e. The molecule has 1 heterocycles. The van der Waals surface area contributed by atoms with E-state index in [1.807, 2.05) is 23.9 Å². The SMILES string of the molecule is CCC(C)(C(=O)NCCCn1cccn1)C(N)=S. The van der Waals surface area contributed by atoms with Gasteiger partial charge in [-0.05, 0) is 25.8 Å². The van der Waals surface area contributed by atoms with Gasteiger partial charge in [0, 0.05) is 25.5 Å². The number of thiocarbonyl (C=S) groups is 1. The van der Waals surface area contributed by atoms with Crippen LogP contribution in [0.2, 0.25) is 0 Å². The fourth-order valence-corrected chi connectivity index (χ4v) is 1.75. The summed E-state index contributed by atoms with van der Waals surface area (Å²) in [6, 6.07) is 1.87. The number of aromatic nitrogens is 2. The van der Waals surface area contributed by atoms with E-state index in [0.29, 0.717) is 13.0 Å². The lowest BCUT2D eigenvalue weighted by atomic mass is 9.86. The van der Waals surface area contributed by atoms with Gasteiger partial charge in [-0.1, -0.05) is 19.1 Å². The van der Waals surface area contributed by atoms with Gasteiger partial charge in [-0.15, -0.1) is 0 Å². The van der Waals surface area contributed by atoms with E-state index in [1.165, 1.54) is 0 Å². The lowest BCUT2D eigenvalue weighted by Crippen LogP contribution is -2.46. The molecular weight excluding hydrogens is 248 g/mol. The third-order valence-corrected chi connectivity index (χ3v) is 3.61. The molecule has 0 fully saturated rings. The molecule has 0 bridgehead atoms. The van der Waals surface area contributed by atoms with Gasteiger partial charge in [0.25, 0.3) is 0 Å². The first-order chi connectivity index (χ1) is 8.50. The average molecular weight is 268 g/mol. The number of carbonyl (C=O) groups excluding carboxylic acids is 1. The summed E-state index contributed by atoms with van der Waals surface area (Å²) in [5.74, 6) is -0.0991. The Bertz CT molecular complexity index is 404.